The van der Waals surface area contributed by atoms with Crippen molar-refractivity contribution in [3.63, 3.8) is 0 Å². The number of rotatable bonds is 3. The monoisotopic (exact) mass is 416 g/mol. The topological polar surface area (TPSA) is 54.0 Å². The molecule has 30 heavy (non-hydrogen) atoms. The fourth-order valence-electron chi connectivity index (χ4n) is 4.51. The van der Waals surface area contributed by atoms with Gasteiger partial charge in [-0.05, 0) is 61.4 Å². The molecule has 1 N–H and O–H groups in total. The molecule has 150 valence electrons. The van der Waals surface area contributed by atoms with E-state index in [2.05, 4.69) is 44.1 Å². The molecule has 0 saturated carbocycles. The SMILES string of the molecule is Cc1cc(-c2cc3cc(-c4ccnc(N5CCC56COC6)c4)[nH]c3cc2Cl)ccn1. The fourth-order valence-corrected chi connectivity index (χ4v) is 4.79. The molecule has 5 nitrogen and oxygen atoms in total. The highest BCUT2D eigenvalue weighted by Crippen LogP contribution is 2.41. The van der Waals surface area contributed by atoms with Crippen LogP contribution >= 0.6 is 11.6 Å². The molecule has 2 saturated heterocycles. The minimum Gasteiger partial charge on any atom is -0.376 e. The highest BCUT2D eigenvalue weighted by molar-refractivity contribution is 6.34. The maximum atomic E-state index is 6.62. The van der Waals surface area contributed by atoms with Crippen LogP contribution in [0.3, 0.4) is 0 Å². The number of halogens is 1. The summed E-state index contributed by atoms with van der Waals surface area (Å²) in [5.41, 5.74) is 6.46. The third-order valence-electron chi connectivity index (χ3n) is 6.36. The Kier molecular flexibility index (Phi) is 3.92. The van der Waals surface area contributed by atoms with Crippen molar-refractivity contribution in [1.29, 1.82) is 0 Å². The molecule has 0 amide bonds. The number of ether oxygens (including phenoxy) is 1. The molecule has 0 atom stereocenters. The third kappa shape index (κ3) is 2.73. The van der Waals surface area contributed by atoms with Crippen molar-refractivity contribution in [3.05, 3.63) is 65.6 Å². The van der Waals surface area contributed by atoms with Crippen LogP contribution in [-0.2, 0) is 4.74 Å². The molecule has 0 bridgehead atoms. The van der Waals surface area contributed by atoms with Gasteiger partial charge in [0.1, 0.15) is 5.82 Å². The summed E-state index contributed by atoms with van der Waals surface area (Å²) in [5.74, 6) is 1.02. The second kappa shape index (κ2) is 6.56. The van der Waals surface area contributed by atoms with Crippen LogP contribution in [0.1, 0.15) is 12.1 Å². The molecule has 4 aromatic rings. The van der Waals surface area contributed by atoms with Gasteiger partial charge in [0, 0.05) is 52.4 Å². The lowest BCUT2D eigenvalue weighted by Crippen LogP contribution is -2.71. The van der Waals surface area contributed by atoms with E-state index in [0.29, 0.717) is 0 Å². The van der Waals surface area contributed by atoms with E-state index in [1.807, 2.05) is 37.5 Å². The van der Waals surface area contributed by atoms with E-state index in [9.17, 15) is 0 Å². The van der Waals surface area contributed by atoms with Gasteiger partial charge in [-0.2, -0.15) is 0 Å². The number of nitrogens with zero attached hydrogens (tertiary/aromatic N) is 3. The predicted molar refractivity (Wildman–Crippen MR) is 120 cm³/mol. The largest absolute Gasteiger partial charge is 0.376 e. The lowest BCUT2D eigenvalue weighted by Gasteiger charge is -2.58. The van der Waals surface area contributed by atoms with Gasteiger partial charge in [0.2, 0.25) is 0 Å². The number of anilines is 1. The number of aromatic amines is 1. The Morgan fingerprint density at radius 2 is 1.87 bits per heavy atom. The molecule has 6 heteroatoms. The summed E-state index contributed by atoms with van der Waals surface area (Å²) in [6.45, 7) is 4.64. The van der Waals surface area contributed by atoms with Gasteiger partial charge in [0.05, 0.1) is 23.8 Å². The van der Waals surface area contributed by atoms with E-state index in [1.54, 1.807) is 0 Å². The van der Waals surface area contributed by atoms with Crippen LogP contribution in [0.25, 0.3) is 33.3 Å². The van der Waals surface area contributed by atoms with Crippen LogP contribution in [0.2, 0.25) is 5.02 Å². The molecular formula is C24H21ClN4O. The zero-order chi connectivity index (χ0) is 20.3. The van der Waals surface area contributed by atoms with E-state index >= 15 is 0 Å². The van der Waals surface area contributed by atoms with Crippen molar-refractivity contribution in [1.82, 2.24) is 15.0 Å². The number of benzene rings is 1. The van der Waals surface area contributed by atoms with Gasteiger partial charge < -0.3 is 14.6 Å². The van der Waals surface area contributed by atoms with Gasteiger partial charge in [-0.1, -0.05) is 11.6 Å². The van der Waals surface area contributed by atoms with Crippen molar-refractivity contribution >= 4 is 28.3 Å². The first kappa shape index (κ1) is 17.9. The van der Waals surface area contributed by atoms with Crippen molar-refractivity contribution in [2.24, 2.45) is 0 Å². The van der Waals surface area contributed by atoms with Crippen LogP contribution in [0, 0.1) is 6.92 Å². The van der Waals surface area contributed by atoms with Crippen LogP contribution in [-0.4, -0.2) is 40.2 Å². The van der Waals surface area contributed by atoms with E-state index < -0.39 is 0 Å². The third-order valence-corrected chi connectivity index (χ3v) is 6.68. The first-order valence-corrected chi connectivity index (χ1v) is 10.6. The van der Waals surface area contributed by atoms with Crippen LogP contribution < -0.4 is 4.90 Å². The Hall–Kier alpha value is -2.89. The molecule has 1 spiro atoms. The second-order valence-corrected chi connectivity index (χ2v) is 8.72. The molecule has 2 aliphatic heterocycles. The van der Waals surface area contributed by atoms with E-state index in [4.69, 9.17) is 16.3 Å². The first-order valence-electron chi connectivity index (χ1n) is 10.2. The van der Waals surface area contributed by atoms with Crippen molar-refractivity contribution in [2.75, 3.05) is 24.7 Å². The number of aryl methyl sites for hydroxylation is 1. The predicted octanol–water partition coefficient (Wildman–Crippen LogP) is 5.23. The van der Waals surface area contributed by atoms with Gasteiger partial charge in [-0.3, -0.25) is 4.98 Å². The summed E-state index contributed by atoms with van der Waals surface area (Å²) in [6, 6.07) is 14.6. The number of hydrogen-bond acceptors (Lipinski definition) is 4. The van der Waals surface area contributed by atoms with Crippen molar-refractivity contribution in [2.45, 2.75) is 18.9 Å². The highest BCUT2D eigenvalue weighted by atomic mass is 35.5. The number of aromatic nitrogens is 3. The molecule has 0 aliphatic carbocycles. The first-order chi connectivity index (χ1) is 14.6. The highest BCUT2D eigenvalue weighted by Gasteiger charge is 2.51. The van der Waals surface area contributed by atoms with E-state index in [-0.39, 0.29) is 5.54 Å². The molecular weight excluding hydrogens is 396 g/mol. The van der Waals surface area contributed by atoms with Crippen LogP contribution in [0.4, 0.5) is 5.82 Å². The molecule has 5 heterocycles. The van der Waals surface area contributed by atoms with Gasteiger partial charge in [-0.25, -0.2) is 4.98 Å². The summed E-state index contributed by atoms with van der Waals surface area (Å²) in [7, 11) is 0. The van der Waals surface area contributed by atoms with Gasteiger partial charge in [-0.15, -0.1) is 0 Å². The molecule has 2 fully saturated rings. The zero-order valence-electron chi connectivity index (χ0n) is 16.7. The van der Waals surface area contributed by atoms with Crippen molar-refractivity contribution < 1.29 is 4.74 Å². The normalized spacial score (nSPS) is 17.2. The number of pyridine rings is 2. The fraction of sp³-hybridized carbons (Fsp3) is 0.250. The Labute approximate surface area is 179 Å². The van der Waals surface area contributed by atoms with Crippen molar-refractivity contribution in [3.8, 4) is 22.4 Å². The Bertz CT molecular complexity index is 1270. The summed E-state index contributed by atoms with van der Waals surface area (Å²) in [6.07, 6.45) is 4.89. The summed E-state index contributed by atoms with van der Waals surface area (Å²) >= 11 is 6.62. The number of fused-ring (bicyclic) bond motifs is 1. The summed E-state index contributed by atoms with van der Waals surface area (Å²) < 4.78 is 5.46. The Morgan fingerprint density at radius 3 is 2.60 bits per heavy atom. The molecule has 3 aromatic heterocycles. The van der Waals surface area contributed by atoms with E-state index in [1.165, 1.54) is 6.42 Å². The summed E-state index contributed by atoms with van der Waals surface area (Å²) in [4.78, 5) is 14.8. The lowest BCUT2D eigenvalue weighted by molar-refractivity contribution is -0.0851. The average molecular weight is 417 g/mol. The maximum Gasteiger partial charge on any atom is 0.129 e. The van der Waals surface area contributed by atoms with Crippen LogP contribution in [0.15, 0.2) is 54.9 Å². The Balaban J connectivity index is 1.39. The molecule has 1 aromatic carbocycles. The lowest BCUT2D eigenvalue weighted by atomic mass is 9.82. The second-order valence-electron chi connectivity index (χ2n) is 8.31. The van der Waals surface area contributed by atoms with Crippen LogP contribution in [0.5, 0.6) is 0 Å². The zero-order valence-corrected chi connectivity index (χ0v) is 17.4. The Morgan fingerprint density at radius 1 is 1.03 bits per heavy atom. The van der Waals surface area contributed by atoms with Gasteiger partial charge in [0.25, 0.3) is 0 Å². The standard InChI is InChI=1S/C24H21ClN4O/c1-15-8-16(2-5-26-15)19-9-18-10-21(28-22(18)12-20(19)25)17-3-6-27-23(11-17)29-7-4-24(29)13-30-14-24/h2-3,5-6,8-12,28H,4,7,13-14H2,1H3. The molecule has 0 unspecified atom stereocenters. The number of nitrogens with one attached hydrogen (secondary N) is 1. The molecule has 2 aliphatic rings. The molecule has 6 rings (SSSR count). The van der Waals surface area contributed by atoms with E-state index in [0.717, 1.165) is 69.6 Å². The number of hydrogen-bond donors (Lipinski definition) is 1. The van der Waals surface area contributed by atoms with Gasteiger partial charge in [0.15, 0.2) is 0 Å². The quantitative estimate of drug-likeness (QED) is 0.496. The number of H-pyrrole nitrogens is 1. The molecule has 0 radical (unpaired) electrons. The smallest absolute Gasteiger partial charge is 0.129 e. The maximum absolute atomic E-state index is 6.62. The van der Waals surface area contributed by atoms with Gasteiger partial charge >= 0.3 is 0 Å². The average Bonchev–Trinajstić information content (AvgIpc) is 3.08. The summed E-state index contributed by atoms with van der Waals surface area (Å²) in [5, 5.41) is 1.86. The minimum absolute atomic E-state index is 0.178. The minimum atomic E-state index is 0.178.